The van der Waals surface area contributed by atoms with Crippen LogP contribution in [0.15, 0.2) is 48.5 Å². The van der Waals surface area contributed by atoms with Crippen molar-refractivity contribution < 1.29 is 9.72 Å². The quantitative estimate of drug-likeness (QED) is 0.488. The first-order valence-corrected chi connectivity index (χ1v) is 8.66. The van der Waals surface area contributed by atoms with E-state index in [0.717, 1.165) is 37.3 Å². The van der Waals surface area contributed by atoms with Crippen molar-refractivity contribution in [2.75, 3.05) is 23.3 Å². The summed E-state index contributed by atoms with van der Waals surface area (Å²) in [6.07, 6.45) is 2.31. The Hall–Kier alpha value is -3.00. The third kappa shape index (κ3) is 4.15. The van der Waals surface area contributed by atoms with Gasteiger partial charge in [0.1, 0.15) is 0 Å². The largest absolute Gasteiger partial charge is 0.370 e. The molecule has 0 atom stereocenters. The Kier molecular flexibility index (Phi) is 5.43. The molecular formula is C18H18N4O3S. The Morgan fingerprint density at radius 2 is 1.85 bits per heavy atom. The molecule has 0 aliphatic carbocycles. The molecule has 1 fully saturated rings. The number of nitro groups is 1. The summed E-state index contributed by atoms with van der Waals surface area (Å²) in [6, 6.07) is 13.3. The van der Waals surface area contributed by atoms with Crippen LogP contribution in [0.5, 0.6) is 0 Å². The van der Waals surface area contributed by atoms with Crippen molar-refractivity contribution in [3.63, 3.8) is 0 Å². The van der Waals surface area contributed by atoms with Crippen molar-refractivity contribution in [2.24, 2.45) is 0 Å². The first-order chi connectivity index (χ1) is 12.5. The molecule has 2 aromatic rings. The molecule has 7 nitrogen and oxygen atoms in total. The summed E-state index contributed by atoms with van der Waals surface area (Å²) in [5.41, 5.74) is 1.89. The van der Waals surface area contributed by atoms with Gasteiger partial charge in [-0.2, -0.15) is 0 Å². The first kappa shape index (κ1) is 17.8. The number of carbonyl (C=O) groups is 1. The minimum atomic E-state index is -0.542. The van der Waals surface area contributed by atoms with Gasteiger partial charge in [-0.15, -0.1) is 0 Å². The second kappa shape index (κ2) is 7.92. The Bertz CT molecular complexity index is 850. The number of nitro benzene ring substituents is 1. The van der Waals surface area contributed by atoms with Crippen molar-refractivity contribution in [3.8, 4) is 0 Å². The van der Waals surface area contributed by atoms with Gasteiger partial charge < -0.3 is 10.2 Å². The van der Waals surface area contributed by atoms with E-state index in [1.165, 1.54) is 24.3 Å². The molecule has 134 valence electrons. The van der Waals surface area contributed by atoms with Gasteiger partial charge in [0.2, 0.25) is 0 Å². The van der Waals surface area contributed by atoms with Gasteiger partial charge in [0.25, 0.3) is 11.6 Å². The molecule has 0 bridgehead atoms. The maximum atomic E-state index is 12.3. The van der Waals surface area contributed by atoms with Gasteiger partial charge >= 0.3 is 0 Å². The molecule has 1 aliphatic rings. The van der Waals surface area contributed by atoms with E-state index in [4.69, 9.17) is 12.2 Å². The van der Waals surface area contributed by atoms with E-state index in [0.29, 0.717) is 0 Å². The van der Waals surface area contributed by atoms with Crippen LogP contribution < -0.4 is 15.5 Å². The molecule has 0 aromatic heterocycles. The summed E-state index contributed by atoms with van der Waals surface area (Å²) in [7, 11) is 0. The van der Waals surface area contributed by atoms with E-state index in [2.05, 4.69) is 15.5 Å². The SMILES string of the molecule is O=C(NC(=S)Nc1ccccc1N1CCCC1)c1cccc([N+](=O)[O-])c1. The van der Waals surface area contributed by atoms with E-state index in [-0.39, 0.29) is 16.4 Å². The number of rotatable bonds is 4. The summed E-state index contributed by atoms with van der Waals surface area (Å²) in [5, 5.41) is 16.6. The van der Waals surface area contributed by atoms with Crippen molar-refractivity contribution in [2.45, 2.75) is 12.8 Å². The standard InChI is InChI=1S/C18H18N4O3S/c23-17(13-6-5-7-14(12-13)22(24)25)20-18(26)19-15-8-1-2-9-16(15)21-10-3-4-11-21/h1-2,5-9,12H,3-4,10-11H2,(H2,19,20,23,26). The van der Waals surface area contributed by atoms with Crippen molar-refractivity contribution in [1.29, 1.82) is 0 Å². The van der Waals surface area contributed by atoms with Crippen LogP contribution in [-0.4, -0.2) is 29.0 Å². The molecule has 1 heterocycles. The van der Waals surface area contributed by atoms with Crippen LogP contribution in [0, 0.1) is 10.1 Å². The summed E-state index contributed by atoms with van der Waals surface area (Å²) in [4.78, 5) is 24.9. The van der Waals surface area contributed by atoms with Crippen LogP contribution in [0.4, 0.5) is 17.1 Å². The second-order valence-electron chi connectivity index (χ2n) is 5.93. The van der Waals surface area contributed by atoms with Gasteiger partial charge in [-0.25, -0.2) is 0 Å². The van der Waals surface area contributed by atoms with Crippen LogP contribution >= 0.6 is 12.2 Å². The van der Waals surface area contributed by atoms with Crippen LogP contribution in [0.3, 0.4) is 0 Å². The number of hydrogen-bond acceptors (Lipinski definition) is 5. The molecule has 8 heteroatoms. The topological polar surface area (TPSA) is 87.5 Å². The molecule has 1 amide bonds. The van der Waals surface area contributed by atoms with E-state index in [1.54, 1.807) is 0 Å². The van der Waals surface area contributed by atoms with Gasteiger partial charge in [-0.3, -0.25) is 20.2 Å². The predicted molar refractivity (Wildman–Crippen MR) is 105 cm³/mol. The lowest BCUT2D eigenvalue weighted by atomic mass is 10.2. The monoisotopic (exact) mass is 370 g/mol. The lowest BCUT2D eigenvalue weighted by Crippen LogP contribution is -2.34. The number of nitrogens with one attached hydrogen (secondary N) is 2. The van der Waals surface area contributed by atoms with Crippen LogP contribution in [0.2, 0.25) is 0 Å². The Labute approximate surface area is 156 Å². The number of nitrogens with zero attached hydrogens (tertiary/aromatic N) is 2. The highest BCUT2D eigenvalue weighted by Crippen LogP contribution is 2.28. The minimum absolute atomic E-state index is 0.143. The molecular weight excluding hydrogens is 352 g/mol. The van der Waals surface area contributed by atoms with Gasteiger partial charge in [0.05, 0.1) is 16.3 Å². The maximum Gasteiger partial charge on any atom is 0.270 e. The molecule has 26 heavy (non-hydrogen) atoms. The molecule has 1 saturated heterocycles. The molecule has 2 aromatic carbocycles. The summed E-state index contributed by atoms with van der Waals surface area (Å²) in [5.74, 6) is -0.496. The van der Waals surface area contributed by atoms with Crippen LogP contribution in [-0.2, 0) is 0 Å². The van der Waals surface area contributed by atoms with Gasteiger partial charge in [0.15, 0.2) is 5.11 Å². The average molecular weight is 370 g/mol. The molecule has 2 N–H and O–H groups in total. The molecule has 3 rings (SSSR count). The Morgan fingerprint density at radius 1 is 1.12 bits per heavy atom. The predicted octanol–water partition coefficient (Wildman–Crippen LogP) is 3.32. The van der Waals surface area contributed by atoms with Crippen LogP contribution in [0.25, 0.3) is 0 Å². The average Bonchev–Trinajstić information content (AvgIpc) is 3.16. The number of anilines is 2. The molecule has 0 radical (unpaired) electrons. The molecule has 0 unspecified atom stereocenters. The lowest BCUT2D eigenvalue weighted by molar-refractivity contribution is -0.384. The highest BCUT2D eigenvalue weighted by atomic mass is 32.1. The highest BCUT2D eigenvalue weighted by Gasteiger charge is 2.17. The second-order valence-corrected chi connectivity index (χ2v) is 6.34. The number of thiocarbonyl (C=S) groups is 1. The number of amides is 1. The molecule has 0 saturated carbocycles. The summed E-state index contributed by atoms with van der Waals surface area (Å²) < 4.78 is 0. The van der Waals surface area contributed by atoms with Gasteiger partial charge in [-0.1, -0.05) is 18.2 Å². The highest BCUT2D eigenvalue weighted by molar-refractivity contribution is 7.80. The number of benzene rings is 2. The molecule has 0 spiro atoms. The summed E-state index contributed by atoms with van der Waals surface area (Å²) in [6.45, 7) is 1.98. The fourth-order valence-corrected chi connectivity index (χ4v) is 3.11. The normalized spacial score (nSPS) is 13.3. The first-order valence-electron chi connectivity index (χ1n) is 8.25. The van der Waals surface area contributed by atoms with Crippen molar-refractivity contribution in [1.82, 2.24) is 5.32 Å². The van der Waals surface area contributed by atoms with E-state index < -0.39 is 10.8 Å². The Morgan fingerprint density at radius 3 is 2.58 bits per heavy atom. The maximum absolute atomic E-state index is 12.3. The zero-order valence-electron chi connectivity index (χ0n) is 14.0. The zero-order valence-corrected chi connectivity index (χ0v) is 14.8. The minimum Gasteiger partial charge on any atom is -0.370 e. The van der Waals surface area contributed by atoms with Crippen molar-refractivity contribution in [3.05, 3.63) is 64.2 Å². The number of carbonyl (C=O) groups excluding carboxylic acids is 1. The molecule has 1 aliphatic heterocycles. The van der Waals surface area contributed by atoms with E-state index >= 15 is 0 Å². The summed E-state index contributed by atoms with van der Waals surface area (Å²) >= 11 is 5.24. The Balaban J connectivity index is 1.69. The van der Waals surface area contributed by atoms with Crippen LogP contribution in [0.1, 0.15) is 23.2 Å². The van der Waals surface area contributed by atoms with E-state index in [9.17, 15) is 14.9 Å². The third-order valence-corrected chi connectivity index (χ3v) is 4.35. The third-order valence-electron chi connectivity index (χ3n) is 4.15. The van der Waals surface area contributed by atoms with Gasteiger partial charge in [0, 0.05) is 30.8 Å². The lowest BCUT2D eigenvalue weighted by Gasteiger charge is -2.22. The number of hydrogen-bond donors (Lipinski definition) is 2. The van der Waals surface area contributed by atoms with Gasteiger partial charge in [-0.05, 0) is 43.3 Å². The number of non-ortho nitro benzene ring substituents is 1. The number of para-hydroxylation sites is 2. The fraction of sp³-hybridized carbons (Fsp3) is 0.222. The fourth-order valence-electron chi connectivity index (χ4n) is 2.90. The van der Waals surface area contributed by atoms with E-state index in [1.807, 2.05) is 24.3 Å². The van der Waals surface area contributed by atoms with Crippen molar-refractivity contribution >= 4 is 40.3 Å². The zero-order chi connectivity index (χ0) is 18.5. The smallest absolute Gasteiger partial charge is 0.270 e.